The second-order valence-corrected chi connectivity index (χ2v) is 8.93. The van der Waals surface area contributed by atoms with E-state index in [2.05, 4.69) is 25.6 Å². The van der Waals surface area contributed by atoms with Crippen LogP contribution >= 0.6 is 11.3 Å². The number of hydrogen-bond donors (Lipinski definition) is 1. The molecule has 0 fully saturated rings. The number of fused-ring (bicyclic) bond motifs is 1. The third kappa shape index (κ3) is 5.07. The molecule has 0 aliphatic carbocycles. The van der Waals surface area contributed by atoms with Gasteiger partial charge in [0.2, 0.25) is 5.88 Å². The molecule has 188 valence electrons. The van der Waals surface area contributed by atoms with Crippen molar-refractivity contribution in [3.8, 4) is 39.3 Å². The predicted molar refractivity (Wildman–Crippen MR) is 139 cm³/mol. The van der Waals surface area contributed by atoms with Crippen molar-refractivity contribution in [3.05, 3.63) is 71.2 Å². The van der Waals surface area contributed by atoms with E-state index in [1.54, 1.807) is 36.9 Å². The maximum absolute atomic E-state index is 12.7. The molecule has 3 aromatic heterocycles. The molecule has 1 amide bonds. The van der Waals surface area contributed by atoms with E-state index in [1.165, 1.54) is 11.3 Å². The molecule has 0 saturated heterocycles. The highest BCUT2D eigenvalue weighted by Crippen LogP contribution is 2.32. The molecule has 0 spiro atoms. The first-order valence-corrected chi connectivity index (χ1v) is 12.3. The zero-order valence-corrected chi connectivity index (χ0v) is 21.3. The number of carbonyl (C=O) groups excluding carboxylic acids is 1. The van der Waals surface area contributed by atoms with Gasteiger partial charge in [-0.05, 0) is 25.1 Å². The fourth-order valence-corrected chi connectivity index (χ4v) is 4.70. The Kier molecular flexibility index (Phi) is 6.95. The van der Waals surface area contributed by atoms with E-state index in [0.717, 1.165) is 10.6 Å². The van der Waals surface area contributed by atoms with E-state index in [9.17, 15) is 4.79 Å². The molecule has 3 heterocycles. The van der Waals surface area contributed by atoms with Gasteiger partial charge >= 0.3 is 0 Å². The number of amides is 1. The van der Waals surface area contributed by atoms with Crippen molar-refractivity contribution < 1.29 is 19.0 Å². The number of methoxy groups -OCH3 is 2. The van der Waals surface area contributed by atoms with Crippen molar-refractivity contribution in [2.45, 2.75) is 6.92 Å². The highest BCUT2D eigenvalue weighted by molar-refractivity contribution is 7.17. The molecule has 11 heteroatoms. The smallest absolute Gasteiger partial charge is 0.263 e. The van der Waals surface area contributed by atoms with Crippen LogP contribution in [0.2, 0.25) is 0 Å². The summed E-state index contributed by atoms with van der Waals surface area (Å²) >= 11 is 1.37. The summed E-state index contributed by atoms with van der Waals surface area (Å²) in [5.74, 6) is 1.94. The molecule has 5 rings (SSSR count). The summed E-state index contributed by atoms with van der Waals surface area (Å²) in [7, 11) is 3.17. The van der Waals surface area contributed by atoms with E-state index in [0.29, 0.717) is 51.5 Å². The first-order valence-electron chi connectivity index (χ1n) is 11.5. The van der Waals surface area contributed by atoms with Crippen LogP contribution in [0, 0.1) is 6.92 Å². The lowest BCUT2D eigenvalue weighted by molar-refractivity contribution is 0.0949. The minimum atomic E-state index is -0.183. The molecule has 0 bridgehead atoms. The van der Waals surface area contributed by atoms with E-state index < -0.39 is 0 Å². The molecule has 37 heavy (non-hydrogen) atoms. The Balaban J connectivity index is 1.24. The van der Waals surface area contributed by atoms with Gasteiger partial charge in [0.15, 0.2) is 11.5 Å². The number of thiazole rings is 1. The topological polar surface area (TPSA) is 113 Å². The molecule has 1 N–H and O–H groups in total. The van der Waals surface area contributed by atoms with Crippen LogP contribution in [0.5, 0.6) is 17.4 Å². The number of nitrogens with one attached hydrogen (secondary N) is 1. The van der Waals surface area contributed by atoms with Gasteiger partial charge in [0.05, 0.1) is 32.0 Å². The Bertz CT molecular complexity index is 1550. The van der Waals surface area contributed by atoms with E-state index in [-0.39, 0.29) is 12.5 Å². The van der Waals surface area contributed by atoms with Crippen LogP contribution in [-0.4, -0.2) is 58.1 Å². The molecule has 0 aliphatic rings. The number of aromatic nitrogens is 5. The second kappa shape index (κ2) is 10.6. The zero-order valence-electron chi connectivity index (χ0n) is 20.5. The summed E-state index contributed by atoms with van der Waals surface area (Å²) in [5.41, 5.74) is 2.95. The lowest BCUT2D eigenvalue weighted by Crippen LogP contribution is -2.28. The minimum absolute atomic E-state index is 0.183. The van der Waals surface area contributed by atoms with Crippen LogP contribution in [0.25, 0.3) is 27.6 Å². The fraction of sp³-hybridized carbons (Fsp3) is 0.192. The highest BCUT2D eigenvalue weighted by Gasteiger charge is 2.17. The molecule has 0 atom stereocenters. The van der Waals surface area contributed by atoms with Crippen LogP contribution in [-0.2, 0) is 0 Å². The normalized spacial score (nSPS) is 10.9. The Morgan fingerprint density at radius 2 is 1.86 bits per heavy atom. The summed E-state index contributed by atoms with van der Waals surface area (Å²) in [6, 6.07) is 18.7. The number of hydrogen-bond acceptors (Lipinski definition) is 9. The SMILES string of the molecule is COc1ccc(-c2nnc3ccc(OCCNC(=O)c4sc(-c5ccccc5)nc4C)nn23)c(OC)c1. The van der Waals surface area contributed by atoms with Gasteiger partial charge in [0.1, 0.15) is 28.0 Å². The van der Waals surface area contributed by atoms with E-state index >= 15 is 0 Å². The Labute approximate surface area is 216 Å². The monoisotopic (exact) mass is 516 g/mol. The van der Waals surface area contributed by atoms with Crippen LogP contribution in [0.4, 0.5) is 0 Å². The molecular weight excluding hydrogens is 492 g/mol. The second-order valence-electron chi connectivity index (χ2n) is 7.94. The van der Waals surface area contributed by atoms with E-state index in [4.69, 9.17) is 14.2 Å². The molecule has 0 radical (unpaired) electrons. The Hall–Kier alpha value is -4.51. The lowest BCUT2D eigenvalue weighted by Gasteiger charge is -2.10. The highest BCUT2D eigenvalue weighted by atomic mass is 32.1. The maximum Gasteiger partial charge on any atom is 0.263 e. The number of carbonyl (C=O) groups is 1. The van der Waals surface area contributed by atoms with E-state index in [1.807, 2.05) is 49.4 Å². The lowest BCUT2D eigenvalue weighted by atomic mass is 10.2. The molecule has 2 aromatic carbocycles. The van der Waals surface area contributed by atoms with Crippen molar-refractivity contribution in [2.75, 3.05) is 27.4 Å². The number of aryl methyl sites for hydroxylation is 1. The van der Waals surface area contributed by atoms with Crippen molar-refractivity contribution in [3.63, 3.8) is 0 Å². The maximum atomic E-state index is 12.7. The summed E-state index contributed by atoms with van der Waals surface area (Å²) < 4.78 is 18.2. The summed E-state index contributed by atoms with van der Waals surface area (Å²) in [4.78, 5) is 17.8. The molecule has 0 aliphatic heterocycles. The Morgan fingerprint density at radius 1 is 1.03 bits per heavy atom. The summed E-state index contributed by atoms with van der Waals surface area (Å²) in [6.45, 7) is 2.37. The van der Waals surface area contributed by atoms with Crippen molar-refractivity contribution >= 4 is 22.9 Å². The molecule has 5 aromatic rings. The molecule has 10 nitrogen and oxygen atoms in total. The average molecular weight is 517 g/mol. The predicted octanol–water partition coefficient (Wildman–Crippen LogP) is 4.05. The third-order valence-corrected chi connectivity index (χ3v) is 6.75. The standard InChI is InChI=1S/C26H24N6O4S/c1-16-23(37-26(28-16)17-7-5-4-6-8-17)25(33)27-13-14-36-22-12-11-21-29-30-24(32(21)31-22)19-10-9-18(34-2)15-20(19)35-3/h4-12,15H,13-14H2,1-3H3,(H,27,33). The number of rotatable bonds is 9. The third-order valence-electron chi connectivity index (χ3n) is 5.55. The largest absolute Gasteiger partial charge is 0.497 e. The minimum Gasteiger partial charge on any atom is -0.497 e. The molecule has 0 unspecified atom stereocenters. The van der Waals surface area contributed by atoms with Crippen LogP contribution in [0.1, 0.15) is 15.4 Å². The van der Waals surface area contributed by atoms with Gasteiger partial charge in [-0.25, -0.2) is 4.98 Å². The number of benzene rings is 2. The van der Waals surface area contributed by atoms with Gasteiger partial charge in [-0.1, -0.05) is 30.3 Å². The number of ether oxygens (including phenoxy) is 3. The average Bonchev–Trinajstić information content (AvgIpc) is 3.54. The van der Waals surface area contributed by atoms with Crippen LogP contribution in [0.3, 0.4) is 0 Å². The quantitative estimate of drug-likeness (QED) is 0.292. The van der Waals surface area contributed by atoms with Gasteiger partial charge in [-0.2, -0.15) is 4.52 Å². The van der Waals surface area contributed by atoms with Crippen molar-refractivity contribution in [1.82, 2.24) is 30.1 Å². The van der Waals surface area contributed by atoms with Gasteiger partial charge in [0.25, 0.3) is 5.91 Å². The van der Waals surface area contributed by atoms with Gasteiger partial charge in [-0.15, -0.1) is 26.6 Å². The fourth-order valence-electron chi connectivity index (χ4n) is 3.71. The molecule has 0 saturated carbocycles. The molecular formula is C26H24N6O4S. The van der Waals surface area contributed by atoms with Gasteiger partial charge < -0.3 is 19.5 Å². The zero-order chi connectivity index (χ0) is 25.8. The first-order chi connectivity index (χ1) is 18.1. The van der Waals surface area contributed by atoms with Crippen molar-refractivity contribution in [2.24, 2.45) is 0 Å². The van der Waals surface area contributed by atoms with Gasteiger partial charge in [0, 0.05) is 17.7 Å². The summed E-state index contributed by atoms with van der Waals surface area (Å²) in [6.07, 6.45) is 0. The van der Waals surface area contributed by atoms with Gasteiger partial charge in [-0.3, -0.25) is 4.79 Å². The van der Waals surface area contributed by atoms with Crippen molar-refractivity contribution in [1.29, 1.82) is 0 Å². The summed E-state index contributed by atoms with van der Waals surface area (Å²) in [5, 5.41) is 16.7. The van der Waals surface area contributed by atoms with Crippen LogP contribution in [0.15, 0.2) is 60.7 Å². The Morgan fingerprint density at radius 3 is 2.65 bits per heavy atom. The number of nitrogens with zero attached hydrogens (tertiary/aromatic N) is 5. The van der Waals surface area contributed by atoms with Crippen LogP contribution < -0.4 is 19.5 Å². The first kappa shape index (κ1) is 24.2.